The van der Waals surface area contributed by atoms with Crippen molar-refractivity contribution in [3.8, 4) is 0 Å². The van der Waals surface area contributed by atoms with Crippen LogP contribution in [0.3, 0.4) is 0 Å². The number of aliphatic hydroxyl groups is 1. The molecule has 0 saturated carbocycles. The van der Waals surface area contributed by atoms with Crippen molar-refractivity contribution in [3.63, 3.8) is 0 Å². The fraction of sp³-hybridized carbons (Fsp3) is 0.250. The smallest absolute Gasteiger partial charge is 0.300 e. The maximum Gasteiger partial charge on any atom is 0.300 e. The highest BCUT2D eigenvalue weighted by Crippen LogP contribution is 2.13. The third-order valence-electron chi connectivity index (χ3n) is 2.15. The molecule has 0 atom stereocenters. The molecule has 1 aromatic rings. The molecule has 0 fully saturated rings. The number of aliphatic hydroxyl groups excluding tert-OH is 1. The quantitative estimate of drug-likeness (QED) is 0.633. The first-order valence-corrected chi connectivity index (χ1v) is 4.86. The van der Waals surface area contributed by atoms with E-state index in [0.29, 0.717) is 11.6 Å². The Morgan fingerprint density at radius 2 is 1.94 bits per heavy atom. The van der Waals surface area contributed by atoms with Crippen LogP contribution >= 0.6 is 0 Å². The lowest BCUT2D eigenvalue weighted by Crippen LogP contribution is -2.06. The molecule has 0 unspecified atom stereocenters. The summed E-state index contributed by atoms with van der Waals surface area (Å²) in [5.41, 5.74) is 1.42. The van der Waals surface area contributed by atoms with Crippen LogP contribution in [0.25, 0.3) is 5.76 Å². The average molecular weight is 226 g/mol. The summed E-state index contributed by atoms with van der Waals surface area (Å²) in [5, 5.41) is 9.41. The summed E-state index contributed by atoms with van der Waals surface area (Å²) in [6, 6.07) is 6.71. The van der Waals surface area contributed by atoms with Crippen LogP contribution in [0.2, 0.25) is 0 Å². The van der Waals surface area contributed by atoms with Crippen LogP contribution in [0.4, 0.5) is 8.78 Å². The van der Waals surface area contributed by atoms with E-state index in [9.17, 15) is 18.7 Å². The molecule has 16 heavy (non-hydrogen) atoms. The molecule has 0 amide bonds. The summed E-state index contributed by atoms with van der Waals surface area (Å²) in [6.07, 6.45) is -1.69. The van der Waals surface area contributed by atoms with Crippen molar-refractivity contribution in [1.82, 2.24) is 0 Å². The molecule has 0 spiro atoms. The standard InChI is InChI=1S/C12H12F2O2/c1-2-8-3-5-9(6-4-8)10(15)7-11(16)12(13)14/h3-7,12,15H,2H2,1H3. The molecule has 0 aromatic heterocycles. The summed E-state index contributed by atoms with van der Waals surface area (Å²) >= 11 is 0. The van der Waals surface area contributed by atoms with Gasteiger partial charge in [-0.15, -0.1) is 0 Å². The van der Waals surface area contributed by atoms with E-state index in [1.54, 1.807) is 24.3 Å². The highest BCUT2D eigenvalue weighted by Gasteiger charge is 2.13. The van der Waals surface area contributed by atoms with Gasteiger partial charge in [0.2, 0.25) is 5.78 Å². The van der Waals surface area contributed by atoms with E-state index in [2.05, 4.69) is 0 Å². The Hall–Kier alpha value is -1.71. The fourth-order valence-corrected chi connectivity index (χ4v) is 1.19. The van der Waals surface area contributed by atoms with E-state index in [-0.39, 0.29) is 0 Å². The van der Waals surface area contributed by atoms with Gasteiger partial charge in [-0.05, 0) is 12.0 Å². The van der Waals surface area contributed by atoms with E-state index >= 15 is 0 Å². The zero-order valence-electron chi connectivity index (χ0n) is 8.78. The molecule has 1 N–H and O–H groups in total. The largest absolute Gasteiger partial charge is 0.507 e. The van der Waals surface area contributed by atoms with Gasteiger partial charge in [0.25, 0.3) is 6.43 Å². The summed E-state index contributed by atoms with van der Waals surface area (Å²) in [5.74, 6) is -1.83. The third kappa shape index (κ3) is 3.15. The van der Waals surface area contributed by atoms with E-state index < -0.39 is 18.0 Å². The van der Waals surface area contributed by atoms with Crippen molar-refractivity contribution in [1.29, 1.82) is 0 Å². The molecular weight excluding hydrogens is 214 g/mol. The second-order valence-electron chi connectivity index (χ2n) is 3.28. The molecule has 0 radical (unpaired) electrons. The van der Waals surface area contributed by atoms with Crippen molar-refractivity contribution in [2.24, 2.45) is 0 Å². The molecule has 0 heterocycles. The lowest BCUT2D eigenvalue weighted by atomic mass is 10.1. The predicted octanol–water partition coefficient (Wildman–Crippen LogP) is 2.98. The maximum atomic E-state index is 11.9. The topological polar surface area (TPSA) is 37.3 Å². The van der Waals surface area contributed by atoms with Gasteiger partial charge in [-0.2, -0.15) is 0 Å². The Bertz CT molecular complexity index is 394. The Kier molecular flexibility index (Phi) is 4.17. The molecule has 1 rings (SSSR count). The van der Waals surface area contributed by atoms with Crippen molar-refractivity contribution in [2.75, 3.05) is 0 Å². The first-order valence-electron chi connectivity index (χ1n) is 4.86. The molecule has 1 aromatic carbocycles. The maximum absolute atomic E-state index is 11.9. The predicted molar refractivity (Wildman–Crippen MR) is 57.4 cm³/mol. The van der Waals surface area contributed by atoms with E-state index in [1.165, 1.54) is 0 Å². The third-order valence-corrected chi connectivity index (χ3v) is 2.15. The average Bonchev–Trinajstić information content (AvgIpc) is 2.28. The Labute approximate surface area is 92.2 Å². The van der Waals surface area contributed by atoms with Gasteiger partial charge in [0.1, 0.15) is 5.76 Å². The van der Waals surface area contributed by atoms with Crippen LogP contribution < -0.4 is 0 Å². The van der Waals surface area contributed by atoms with Gasteiger partial charge < -0.3 is 5.11 Å². The van der Waals surface area contributed by atoms with Crippen LogP contribution in [0, 0.1) is 0 Å². The van der Waals surface area contributed by atoms with Crippen molar-refractivity contribution >= 4 is 11.5 Å². The first-order chi connectivity index (χ1) is 7.54. The highest BCUT2D eigenvalue weighted by molar-refractivity contribution is 5.97. The number of aryl methyl sites for hydroxylation is 1. The van der Waals surface area contributed by atoms with Gasteiger partial charge in [-0.3, -0.25) is 4.79 Å². The number of carbonyl (C=O) groups is 1. The normalized spacial score (nSPS) is 11.9. The molecular formula is C12H12F2O2. The van der Waals surface area contributed by atoms with Crippen molar-refractivity contribution in [3.05, 3.63) is 41.5 Å². The Morgan fingerprint density at radius 3 is 2.38 bits per heavy atom. The van der Waals surface area contributed by atoms with E-state index in [0.717, 1.165) is 12.0 Å². The van der Waals surface area contributed by atoms with E-state index in [4.69, 9.17) is 0 Å². The first kappa shape index (κ1) is 12.4. The molecule has 2 nitrogen and oxygen atoms in total. The van der Waals surface area contributed by atoms with Crippen LogP contribution in [0.1, 0.15) is 18.1 Å². The van der Waals surface area contributed by atoms with Gasteiger partial charge in [0.05, 0.1) is 0 Å². The van der Waals surface area contributed by atoms with Crippen LogP contribution in [0.15, 0.2) is 30.3 Å². The minimum absolute atomic E-state index is 0.353. The minimum atomic E-state index is -3.09. The fourth-order valence-electron chi connectivity index (χ4n) is 1.19. The Morgan fingerprint density at radius 1 is 1.38 bits per heavy atom. The number of benzene rings is 1. The van der Waals surface area contributed by atoms with Crippen LogP contribution in [-0.2, 0) is 11.2 Å². The number of allylic oxidation sites excluding steroid dienone is 1. The van der Waals surface area contributed by atoms with Gasteiger partial charge in [0, 0.05) is 11.6 Å². The van der Waals surface area contributed by atoms with E-state index in [1.807, 2.05) is 6.92 Å². The lowest BCUT2D eigenvalue weighted by Gasteiger charge is -2.01. The lowest BCUT2D eigenvalue weighted by molar-refractivity contribution is -0.124. The summed E-state index contributed by atoms with van der Waals surface area (Å²) in [7, 11) is 0. The summed E-state index contributed by atoms with van der Waals surface area (Å²) < 4.78 is 23.8. The molecule has 0 saturated heterocycles. The second kappa shape index (κ2) is 5.39. The van der Waals surface area contributed by atoms with Gasteiger partial charge in [-0.1, -0.05) is 31.2 Å². The number of carbonyl (C=O) groups excluding carboxylic acids is 1. The number of ketones is 1. The molecule has 4 heteroatoms. The number of hydrogen-bond acceptors (Lipinski definition) is 2. The molecule has 0 aliphatic carbocycles. The Balaban J connectivity index is 2.87. The monoisotopic (exact) mass is 226 g/mol. The minimum Gasteiger partial charge on any atom is -0.507 e. The number of hydrogen-bond donors (Lipinski definition) is 1. The van der Waals surface area contributed by atoms with Gasteiger partial charge in [-0.25, -0.2) is 8.78 Å². The zero-order chi connectivity index (χ0) is 12.1. The van der Waals surface area contributed by atoms with Gasteiger partial charge in [0.15, 0.2) is 0 Å². The summed E-state index contributed by atoms with van der Waals surface area (Å²) in [4.78, 5) is 10.7. The highest BCUT2D eigenvalue weighted by atomic mass is 19.3. The number of halogens is 2. The van der Waals surface area contributed by atoms with Crippen molar-refractivity contribution in [2.45, 2.75) is 19.8 Å². The SMILES string of the molecule is CCc1ccc(C(O)=CC(=O)C(F)F)cc1. The zero-order valence-corrected chi connectivity index (χ0v) is 8.78. The number of rotatable bonds is 4. The van der Waals surface area contributed by atoms with Crippen LogP contribution in [0.5, 0.6) is 0 Å². The molecule has 0 bridgehead atoms. The van der Waals surface area contributed by atoms with Crippen molar-refractivity contribution < 1.29 is 18.7 Å². The van der Waals surface area contributed by atoms with Crippen LogP contribution in [-0.4, -0.2) is 17.3 Å². The molecule has 0 aliphatic heterocycles. The van der Waals surface area contributed by atoms with Gasteiger partial charge >= 0.3 is 0 Å². The second-order valence-corrected chi connectivity index (χ2v) is 3.28. The molecule has 0 aliphatic rings. The summed E-state index contributed by atoms with van der Waals surface area (Å²) in [6.45, 7) is 1.98. The molecule has 86 valence electrons. The number of alkyl halides is 2.